The van der Waals surface area contributed by atoms with Crippen molar-refractivity contribution in [1.29, 1.82) is 0 Å². The number of halogens is 2. The summed E-state index contributed by atoms with van der Waals surface area (Å²) in [6, 6.07) is 11.0. The van der Waals surface area contributed by atoms with Gasteiger partial charge in [-0.25, -0.2) is 9.37 Å². The molecule has 10 heteroatoms. The van der Waals surface area contributed by atoms with Crippen molar-refractivity contribution in [3.05, 3.63) is 82.6 Å². The predicted octanol–water partition coefficient (Wildman–Crippen LogP) is 5.80. The van der Waals surface area contributed by atoms with Crippen molar-refractivity contribution in [2.24, 2.45) is 4.99 Å². The molecular formula is C31H35ClFN5O3. The Balaban J connectivity index is 2.40. The third-order valence-electron chi connectivity index (χ3n) is 6.79. The zero-order valence-corrected chi connectivity index (χ0v) is 24.5. The summed E-state index contributed by atoms with van der Waals surface area (Å²) in [6.07, 6.45) is 4.31. The van der Waals surface area contributed by atoms with Crippen molar-refractivity contribution < 1.29 is 19.1 Å². The number of nitrogens with one attached hydrogen (secondary N) is 1. The number of aliphatic imine (C=N–C) groups is 1. The van der Waals surface area contributed by atoms with Gasteiger partial charge in [-0.2, -0.15) is 0 Å². The van der Waals surface area contributed by atoms with Gasteiger partial charge in [0.05, 0.1) is 27.5 Å². The standard InChI is InChI=1S/C31H35ClFN5O3/c1-6-8-15-37(21(4)17-35-18-39)30(34-5)23-16-24(32)28(27-25(33)13-10-14-26(27)41)36-31(23)38(19-40)29-20(3)11-9-12-22(29)7-2/h6,9-14,16,18-19,21,41H,1,7-8,15,17H2,2-5H3,(H,35,39)/b34-30+. The lowest BCUT2D eigenvalue weighted by atomic mass is 10.0. The summed E-state index contributed by atoms with van der Waals surface area (Å²) in [5.74, 6) is -0.442. The number of aryl methyl sites for hydroxylation is 2. The normalized spacial score (nSPS) is 12.0. The van der Waals surface area contributed by atoms with Crippen LogP contribution >= 0.6 is 11.6 Å². The Bertz CT molecular complexity index is 1430. The average Bonchev–Trinajstić information content (AvgIpc) is 2.96. The summed E-state index contributed by atoms with van der Waals surface area (Å²) in [7, 11) is 1.61. The minimum Gasteiger partial charge on any atom is -0.507 e. The highest BCUT2D eigenvalue weighted by atomic mass is 35.5. The molecule has 0 aliphatic carbocycles. The van der Waals surface area contributed by atoms with E-state index in [4.69, 9.17) is 16.6 Å². The Kier molecular flexibility index (Phi) is 11.0. The Morgan fingerprint density at radius 2 is 2.00 bits per heavy atom. The number of carbonyl (C=O) groups excluding carboxylic acids is 2. The monoisotopic (exact) mass is 579 g/mol. The molecule has 3 aromatic rings. The van der Waals surface area contributed by atoms with Gasteiger partial charge in [0.15, 0.2) is 5.82 Å². The molecule has 3 rings (SSSR count). The van der Waals surface area contributed by atoms with E-state index in [2.05, 4.69) is 16.9 Å². The molecule has 2 aromatic carbocycles. The van der Waals surface area contributed by atoms with Crippen LogP contribution in [0.2, 0.25) is 5.02 Å². The number of aromatic nitrogens is 1. The Labute approximate surface area is 245 Å². The van der Waals surface area contributed by atoms with E-state index < -0.39 is 5.82 Å². The van der Waals surface area contributed by atoms with Crippen molar-refractivity contribution in [2.45, 2.75) is 39.7 Å². The van der Waals surface area contributed by atoms with Gasteiger partial charge in [0.25, 0.3) is 0 Å². The highest BCUT2D eigenvalue weighted by Gasteiger charge is 2.29. The minimum atomic E-state index is -0.716. The number of rotatable bonds is 13. The number of benzene rings is 2. The van der Waals surface area contributed by atoms with Gasteiger partial charge in [-0.15, -0.1) is 6.58 Å². The average molecular weight is 580 g/mol. The van der Waals surface area contributed by atoms with Crippen LogP contribution < -0.4 is 10.2 Å². The number of hydrogen-bond acceptors (Lipinski definition) is 5. The maximum Gasteiger partial charge on any atom is 0.219 e. The Hall–Kier alpha value is -4.24. The Morgan fingerprint density at radius 3 is 2.61 bits per heavy atom. The number of aromatic hydroxyl groups is 1. The van der Waals surface area contributed by atoms with Gasteiger partial charge < -0.3 is 15.3 Å². The molecule has 0 aliphatic heterocycles. The molecule has 1 atom stereocenters. The first kappa shape index (κ1) is 31.3. The number of phenols is 1. The highest BCUT2D eigenvalue weighted by molar-refractivity contribution is 6.33. The summed E-state index contributed by atoms with van der Waals surface area (Å²) in [6.45, 7) is 10.5. The molecule has 0 bridgehead atoms. The first-order valence-corrected chi connectivity index (χ1v) is 13.6. The molecule has 1 aromatic heterocycles. The second-order valence-electron chi connectivity index (χ2n) is 9.43. The predicted molar refractivity (Wildman–Crippen MR) is 163 cm³/mol. The topological polar surface area (TPSA) is 98.1 Å². The zero-order valence-electron chi connectivity index (χ0n) is 23.7. The summed E-state index contributed by atoms with van der Waals surface area (Å²) in [5.41, 5.74) is 2.57. The van der Waals surface area contributed by atoms with E-state index in [-0.39, 0.29) is 33.9 Å². The third-order valence-corrected chi connectivity index (χ3v) is 7.08. The van der Waals surface area contributed by atoms with E-state index in [0.717, 1.165) is 11.1 Å². The van der Waals surface area contributed by atoms with Gasteiger partial charge in [-0.3, -0.25) is 19.5 Å². The molecule has 1 unspecified atom stereocenters. The zero-order chi connectivity index (χ0) is 30.1. The summed E-state index contributed by atoms with van der Waals surface area (Å²) in [4.78, 5) is 36.7. The fourth-order valence-corrected chi connectivity index (χ4v) is 5.05. The quantitative estimate of drug-likeness (QED) is 0.115. The van der Waals surface area contributed by atoms with E-state index in [9.17, 15) is 14.7 Å². The van der Waals surface area contributed by atoms with Gasteiger partial charge in [0.1, 0.15) is 17.4 Å². The van der Waals surface area contributed by atoms with Crippen LogP contribution in [0.15, 0.2) is 60.1 Å². The van der Waals surface area contributed by atoms with Crippen LogP contribution in [0, 0.1) is 12.7 Å². The van der Waals surface area contributed by atoms with Crippen LogP contribution in [-0.2, 0) is 16.0 Å². The van der Waals surface area contributed by atoms with Gasteiger partial charge in [0, 0.05) is 26.2 Å². The number of amidine groups is 1. The smallest absolute Gasteiger partial charge is 0.219 e. The number of nitrogens with zero attached hydrogens (tertiary/aromatic N) is 4. The molecule has 2 N–H and O–H groups in total. The van der Waals surface area contributed by atoms with Gasteiger partial charge >= 0.3 is 0 Å². The molecule has 0 saturated carbocycles. The molecule has 0 aliphatic rings. The number of hydrogen-bond donors (Lipinski definition) is 2. The third kappa shape index (κ3) is 6.74. The molecule has 0 radical (unpaired) electrons. The summed E-state index contributed by atoms with van der Waals surface area (Å²) >= 11 is 6.74. The molecule has 2 amide bonds. The molecule has 41 heavy (non-hydrogen) atoms. The second-order valence-corrected chi connectivity index (χ2v) is 9.84. The lowest BCUT2D eigenvalue weighted by Crippen LogP contribution is -2.45. The van der Waals surface area contributed by atoms with Crippen LogP contribution in [0.5, 0.6) is 5.75 Å². The van der Waals surface area contributed by atoms with Crippen LogP contribution in [0.1, 0.15) is 37.0 Å². The van der Waals surface area contributed by atoms with E-state index in [0.29, 0.717) is 55.8 Å². The minimum absolute atomic E-state index is 0.0248. The number of para-hydroxylation sites is 1. The summed E-state index contributed by atoms with van der Waals surface area (Å²) in [5, 5.41) is 13.3. The number of carbonyl (C=O) groups is 2. The van der Waals surface area contributed by atoms with E-state index in [1.807, 2.05) is 43.9 Å². The maximum atomic E-state index is 15.0. The number of amides is 2. The second kappa shape index (κ2) is 14.4. The molecule has 216 valence electrons. The highest BCUT2D eigenvalue weighted by Crippen LogP contribution is 2.40. The number of pyridine rings is 1. The largest absolute Gasteiger partial charge is 0.507 e. The van der Waals surface area contributed by atoms with E-state index in [1.165, 1.54) is 23.1 Å². The maximum absolute atomic E-state index is 15.0. The van der Waals surface area contributed by atoms with Crippen LogP contribution in [0.3, 0.4) is 0 Å². The van der Waals surface area contributed by atoms with Crippen molar-refractivity contribution >= 4 is 41.8 Å². The molecule has 8 nitrogen and oxygen atoms in total. The SMILES string of the molecule is C=CCCN(/C(=N/C)c1cc(Cl)c(-c2c(O)cccc2F)nc1N(C=O)c1c(C)cccc1CC)C(C)CNC=O. The number of anilines is 2. The van der Waals surface area contributed by atoms with Gasteiger partial charge in [-0.1, -0.05) is 48.9 Å². The van der Waals surface area contributed by atoms with Crippen LogP contribution in [0.4, 0.5) is 15.9 Å². The van der Waals surface area contributed by atoms with Gasteiger partial charge in [-0.05, 0) is 56.0 Å². The lowest BCUT2D eigenvalue weighted by molar-refractivity contribution is -0.109. The lowest BCUT2D eigenvalue weighted by Gasteiger charge is -2.34. The van der Waals surface area contributed by atoms with E-state index in [1.54, 1.807) is 19.2 Å². The fraction of sp³-hybridized carbons (Fsp3) is 0.290. The molecule has 1 heterocycles. The molecular weight excluding hydrogens is 545 g/mol. The summed E-state index contributed by atoms with van der Waals surface area (Å²) < 4.78 is 15.0. The van der Waals surface area contributed by atoms with E-state index >= 15 is 4.39 Å². The Morgan fingerprint density at radius 1 is 1.27 bits per heavy atom. The van der Waals surface area contributed by atoms with Crippen molar-refractivity contribution in [1.82, 2.24) is 15.2 Å². The van der Waals surface area contributed by atoms with Crippen molar-refractivity contribution in [2.75, 3.05) is 25.0 Å². The molecule has 0 fully saturated rings. The van der Waals surface area contributed by atoms with Gasteiger partial charge in [0.2, 0.25) is 12.8 Å². The first-order valence-electron chi connectivity index (χ1n) is 13.3. The van der Waals surface area contributed by atoms with Crippen molar-refractivity contribution in [3.8, 4) is 17.0 Å². The van der Waals surface area contributed by atoms with Crippen LogP contribution in [0.25, 0.3) is 11.3 Å². The molecule has 0 saturated heterocycles. The fourth-order valence-electron chi connectivity index (χ4n) is 4.81. The molecule has 0 spiro atoms. The first-order chi connectivity index (χ1) is 19.7. The number of phenolic OH excluding ortho intramolecular Hbond substituents is 1. The van der Waals surface area contributed by atoms with Crippen molar-refractivity contribution in [3.63, 3.8) is 0 Å². The van der Waals surface area contributed by atoms with Crippen LogP contribution in [-0.4, -0.2) is 59.8 Å².